The highest BCUT2D eigenvalue weighted by Gasteiger charge is 2.21. The molecule has 0 spiro atoms. The Kier molecular flexibility index (Phi) is 3.62. The van der Waals surface area contributed by atoms with Crippen LogP contribution in [0.5, 0.6) is 5.75 Å². The number of nitrogens with one attached hydrogen (secondary N) is 1. The van der Waals surface area contributed by atoms with Crippen LogP contribution in [0.2, 0.25) is 0 Å². The molecule has 1 heterocycles. The van der Waals surface area contributed by atoms with Crippen LogP contribution in [0.1, 0.15) is 18.4 Å². The highest BCUT2D eigenvalue weighted by atomic mass is 79.9. The molecule has 0 radical (unpaired) electrons. The van der Waals surface area contributed by atoms with E-state index >= 15 is 0 Å². The number of furan rings is 1. The van der Waals surface area contributed by atoms with E-state index in [1.165, 1.54) is 18.4 Å². The Morgan fingerprint density at radius 2 is 2.21 bits per heavy atom. The first kappa shape index (κ1) is 12.8. The molecule has 4 heteroatoms. The van der Waals surface area contributed by atoms with Crippen LogP contribution in [0, 0.1) is 0 Å². The largest absolute Gasteiger partial charge is 0.497 e. The van der Waals surface area contributed by atoms with Crippen LogP contribution in [-0.4, -0.2) is 13.2 Å². The van der Waals surface area contributed by atoms with Gasteiger partial charge in [0.2, 0.25) is 0 Å². The fourth-order valence-electron chi connectivity index (χ4n) is 2.09. The lowest BCUT2D eigenvalue weighted by Gasteiger charge is -2.11. The molecule has 1 fully saturated rings. The van der Waals surface area contributed by atoms with Crippen molar-refractivity contribution in [1.82, 2.24) is 5.32 Å². The highest BCUT2D eigenvalue weighted by molar-refractivity contribution is 9.10. The molecule has 19 heavy (non-hydrogen) atoms. The predicted molar refractivity (Wildman–Crippen MR) is 78.3 cm³/mol. The van der Waals surface area contributed by atoms with Crippen molar-refractivity contribution in [3.8, 4) is 17.1 Å². The standard InChI is InChI=1S/C15H16BrNO2/c1-18-12-4-5-13(15-14(16)6-7-19-15)10(8-12)9-17-11-2-3-11/h4-8,11,17H,2-3,9H2,1H3. The Balaban J connectivity index is 1.94. The zero-order valence-electron chi connectivity index (χ0n) is 10.8. The van der Waals surface area contributed by atoms with Gasteiger partial charge < -0.3 is 14.5 Å². The first-order valence-corrected chi connectivity index (χ1v) is 7.21. The van der Waals surface area contributed by atoms with Gasteiger partial charge in [0.25, 0.3) is 0 Å². The van der Waals surface area contributed by atoms with Gasteiger partial charge in [0.1, 0.15) is 11.5 Å². The second-order valence-electron chi connectivity index (χ2n) is 4.78. The van der Waals surface area contributed by atoms with Crippen molar-refractivity contribution in [2.75, 3.05) is 7.11 Å². The predicted octanol–water partition coefficient (Wildman–Crippen LogP) is 3.97. The summed E-state index contributed by atoms with van der Waals surface area (Å²) in [7, 11) is 1.69. The SMILES string of the molecule is COc1ccc(-c2occc2Br)c(CNC2CC2)c1. The van der Waals surface area contributed by atoms with E-state index in [-0.39, 0.29) is 0 Å². The van der Waals surface area contributed by atoms with Crippen molar-refractivity contribution in [2.24, 2.45) is 0 Å². The summed E-state index contributed by atoms with van der Waals surface area (Å²) in [6.45, 7) is 0.838. The Hall–Kier alpha value is -1.26. The maximum atomic E-state index is 5.57. The van der Waals surface area contributed by atoms with E-state index in [0.29, 0.717) is 6.04 Å². The summed E-state index contributed by atoms with van der Waals surface area (Å²) in [6, 6.07) is 8.67. The molecule has 0 unspecified atom stereocenters. The third kappa shape index (κ3) is 2.85. The van der Waals surface area contributed by atoms with Crippen molar-refractivity contribution in [3.63, 3.8) is 0 Å². The van der Waals surface area contributed by atoms with Crippen LogP contribution < -0.4 is 10.1 Å². The summed E-state index contributed by atoms with van der Waals surface area (Å²) in [5.41, 5.74) is 2.30. The molecule has 0 atom stereocenters. The summed E-state index contributed by atoms with van der Waals surface area (Å²) in [6.07, 6.45) is 4.26. The van der Waals surface area contributed by atoms with Gasteiger partial charge in [-0.1, -0.05) is 0 Å². The number of hydrogen-bond donors (Lipinski definition) is 1. The Bertz CT molecular complexity index is 575. The Morgan fingerprint density at radius 3 is 2.84 bits per heavy atom. The van der Waals surface area contributed by atoms with Gasteiger partial charge in [-0.3, -0.25) is 0 Å². The third-order valence-electron chi connectivity index (χ3n) is 3.33. The lowest BCUT2D eigenvalue weighted by atomic mass is 10.0. The number of benzene rings is 1. The Labute approximate surface area is 121 Å². The van der Waals surface area contributed by atoms with Gasteiger partial charge in [-0.05, 0) is 58.6 Å². The first-order valence-electron chi connectivity index (χ1n) is 6.41. The molecule has 1 aliphatic carbocycles. The summed E-state index contributed by atoms with van der Waals surface area (Å²) >= 11 is 3.52. The minimum atomic E-state index is 0.680. The number of ether oxygens (including phenoxy) is 1. The molecule has 1 N–H and O–H groups in total. The molecular weight excluding hydrogens is 306 g/mol. The van der Waals surface area contributed by atoms with Crippen LogP contribution >= 0.6 is 15.9 Å². The van der Waals surface area contributed by atoms with Crippen LogP contribution in [0.15, 0.2) is 39.4 Å². The van der Waals surface area contributed by atoms with Crippen molar-refractivity contribution in [2.45, 2.75) is 25.4 Å². The van der Waals surface area contributed by atoms with Gasteiger partial charge in [0.15, 0.2) is 0 Å². The van der Waals surface area contributed by atoms with Gasteiger partial charge in [0, 0.05) is 18.2 Å². The quantitative estimate of drug-likeness (QED) is 0.904. The maximum Gasteiger partial charge on any atom is 0.148 e. The van der Waals surface area contributed by atoms with E-state index in [2.05, 4.69) is 27.3 Å². The molecule has 3 rings (SSSR count). The molecule has 1 aromatic heterocycles. The van der Waals surface area contributed by atoms with E-state index in [1.807, 2.05) is 18.2 Å². The van der Waals surface area contributed by atoms with E-state index in [1.54, 1.807) is 13.4 Å². The molecule has 0 bridgehead atoms. The molecule has 3 nitrogen and oxygen atoms in total. The van der Waals surface area contributed by atoms with Crippen LogP contribution in [0.3, 0.4) is 0 Å². The maximum absolute atomic E-state index is 5.57. The lowest BCUT2D eigenvalue weighted by molar-refractivity contribution is 0.414. The molecule has 1 saturated carbocycles. The molecular formula is C15H16BrNO2. The molecule has 100 valence electrons. The van der Waals surface area contributed by atoms with Crippen LogP contribution in [0.4, 0.5) is 0 Å². The normalized spacial score (nSPS) is 14.6. The fraction of sp³-hybridized carbons (Fsp3) is 0.333. The summed E-state index contributed by atoms with van der Waals surface area (Å²) in [5, 5.41) is 3.53. The molecule has 2 aromatic rings. The summed E-state index contributed by atoms with van der Waals surface area (Å²) in [5.74, 6) is 1.74. The molecule has 0 aliphatic heterocycles. The van der Waals surface area contributed by atoms with Crippen molar-refractivity contribution < 1.29 is 9.15 Å². The lowest BCUT2D eigenvalue weighted by Crippen LogP contribution is -2.15. The van der Waals surface area contributed by atoms with Gasteiger partial charge >= 0.3 is 0 Å². The van der Waals surface area contributed by atoms with Crippen molar-refractivity contribution in [3.05, 3.63) is 40.6 Å². The molecule has 1 aliphatic rings. The molecule has 0 amide bonds. The van der Waals surface area contributed by atoms with Crippen LogP contribution in [-0.2, 0) is 6.54 Å². The summed E-state index contributed by atoms with van der Waals surface area (Å²) < 4.78 is 11.9. The van der Waals surface area contributed by atoms with Gasteiger partial charge in [-0.25, -0.2) is 0 Å². The first-order chi connectivity index (χ1) is 9.28. The van der Waals surface area contributed by atoms with Gasteiger partial charge in [-0.2, -0.15) is 0 Å². The minimum Gasteiger partial charge on any atom is -0.497 e. The van der Waals surface area contributed by atoms with Gasteiger partial charge in [-0.15, -0.1) is 0 Å². The second kappa shape index (κ2) is 5.39. The van der Waals surface area contributed by atoms with Crippen molar-refractivity contribution in [1.29, 1.82) is 0 Å². The zero-order chi connectivity index (χ0) is 13.2. The second-order valence-corrected chi connectivity index (χ2v) is 5.63. The monoisotopic (exact) mass is 321 g/mol. The smallest absolute Gasteiger partial charge is 0.148 e. The molecule has 0 saturated heterocycles. The topological polar surface area (TPSA) is 34.4 Å². The van der Waals surface area contributed by atoms with E-state index < -0.39 is 0 Å². The zero-order valence-corrected chi connectivity index (χ0v) is 12.4. The summed E-state index contributed by atoms with van der Waals surface area (Å²) in [4.78, 5) is 0. The van der Waals surface area contributed by atoms with E-state index in [0.717, 1.165) is 28.1 Å². The van der Waals surface area contributed by atoms with Gasteiger partial charge in [0.05, 0.1) is 17.8 Å². The number of hydrogen-bond acceptors (Lipinski definition) is 3. The highest BCUT2D eigenvalue weighted by Crippen LogP contribution is 2.34. The average Bonchev–Trinajstić information content (AvgIpc) is 3.17. The van der Waals surface area contributed by atoms with Crippen LogP contribution in [0.25, 0.3) is 11.3 Å². The number of methoxy groups -OCH3 is 1. The number of halogens is 1. The third-order valence-corrected chi connectivity index (χ3v) is 3.96. The Morgan fingerprint density at radius 1 is 1.37 bits per heavy atom. The average molecular weight is 322 g/mol. The molecule has 1 aromatic carbocycles. The van der Waals surface area contributed by atoms with E-state index in [9.17, 15) is 0 Å². The fourth-order valence-corrected chi connectivity index (χ4v) is 2.51. The van der Waals surface area contributed by atoms with Crippen molar-refractivity contribution >= 4 is 15.9 Å². The minimum absolute atomic E-state index is 0.680. The van der Waals surface area contributed by atoms with E-state index in [4.69, 9.17) is 9.15 Å². The number of rotatable bonds is 5.